The van der Waals surface area contributed by atoms with Crippen molar-refractivity contribution in [3.8, 4) is 0 Å². The molecular formula is C13H21N3O4. The van der Waals surface area contributed by atoms with Gasteiger partial charge in [-0.15, -0.1) is 0 Å². The summed E-state index contributed by atoms with van der Waals surface area (Å²) in [7, 11) is 0. The largest absolute Gasteiger partial charge is 0.393 e. The van der Waals surface area contributed by atoms with Crippen LogP contribution in [0.25, 0.3) is 0 Å². The Morgan fingerprint density at radius 2 is 2.20 bits per heavy atom. The molecule has 0 aliphatic carbocycles. The van der Waals surface area contributed by atoms with Gasteiger partial charge in [-0.1, -0.05) is 6.92 Å². The van der Waals surface area contributed by atoms with Crippen molar-refractivity contribution in [2.45, 2.75) is 52.3 Å². The Bertz CT molecular complexity index is 482. The maximum atomic E-state index is 12.1. The van der Waals surface area contributed by atoms with Crippen LogP contribution in [0.5, 0.6) is 0 Å². The minimum atomic E-state index is -0.512. The third kappa shape index (κ3) is 4.34. The number of carbonyl (C=O) groups is 1. The minimum absolute atomic E-state index is 0.0909. The summed E-state index contributed by atoms with van der Waals surface area (Å²) in [5, 5.41) is 22.8. The van der Waals surface area contributed by atoms with E-state index in [1.807, 2.05) is 6.92 Å². The summed E-state index contributed by atoms with van der Waals surface area (Å²) < 4.78 is 1.59. The second-order valence-electron chi connectivity index (χ2n) is 4.99. The molecule has 0 radical (unpaired) electrons. The molecule has 20 heavy (non-hydrogen) atoms. The molecule has 112 valence electrons. The number of nitro groups is 1. The molecule has 7 heteroatoms. The molecule has 0 saturated carbocycles. The molecular weight excluding hydrogens is 262 g/mol. The molecule has 0 aliphatic heterocycles. The summed E-state index contributed by atoms with van der Waals surface area (Å²) in [5.74, 6) is -0.361. The van der Waals surface area contributed by atoms with Gasteiger partial charge in [0.1, 0.15) is 5.69 Å². The van der Waals surface area contributed by atoms with Crippen LogP contribution in [0.15, 0.2) is 12.3 Å². The highest BCUT2D eigenvalue weighted by molar-refractivity contribution is 5.93. The first kappa shape index (κ1) is 16.2. The second-order valence-corrected chi connectivity index (χ2v) is 4.99. The molecule has 1 rings (SSSR count). The first-order chi connectivity index (χ1) is 9.35. The third-order valence-electron chi connectivity index (χ3n) is 2.86. The van der Waals surface area contributed by atoms with Crippen LogP contribution in [-0.4, -0.2) is 32.6 Å². The molecule has 1 amide bonds. The number of aliphatic hydroxyl groups excluding tert-OH is 1. The van der Waals surface area contributed by atoms with Crippen LogP contribution in [0.3, 0.4) is 0 Å². The van der Waals surface area contributed by atoms with Gasteiger partial charge in [0.15, 0.2) is 0 Å². The van der Waals surface area contributed by atoms with Gasteiger partial charge in [0.25, 0.3) is 11.6 Å². The van der Waals surface area contributed by atoms with Crippen molar-refractivity contribution >= 4 is 11.6 Å². The lowest BCUT2D eigenvalue weighted by Gasteiger charge is -2.16. The van der Waals surface area contributed by atoms with Gasteiger partial charge in [0, 0.05) is 18.7 Å². The smallest absolute Gasteiger partial charge is 0.287 e. The number of carbonyl (C=O) groups excluding carboxylic acids is 1. The van der Waals surface area contributed by atoms with Crippen molar-refractivity contribution in [1.82, 2.24) is 9.88 Å². The molecule has 7 nitrogen and oxygen atoms in total. The van der Waals surface area contributed by atoms with Gasteiger partial charge in [0.05, 0.1) is 17.2 Å². The summed E-state index contributed by atoms with van der Waals surface area (Å²) in [6.07, 6.45) is 2.07. The average Bonchev–Trinajstić information content (AvgIpc) is 2.72. The van der Waals surface area contributed by atoms with Gasteiger partial charge in [-0.25, -0.2) is 0 Å². The zero-order valence-electron chi connectivity index (χ0n) is 12.0. The molecule has 1 aromatic heterocycles. The van der Waals surface area contributed by atoms with E-state index in [4.69, 9.17) is 0 Å². The molecule has 1 heterocycles. The van der Waals surface area contributed by atoms with Gasteiger partial charge >= 0.3 is 0 Å². The van der Waals surface area contributed by atoms with Crippen molar-refractivity contribution in [1.29, 1.82) is 0 Å². The van der Waals surface area contributed by atoms with E-state index in [-0.39, 0.29) is 23.3 Å². The predicted molar refractivity (Wildman–Crippen MR) is 74.6 cm³/mol. The number of nitrogens with zero attached hydrogens (tertiary/aromatic N) is 2. The van der Waals surface area contributed by atoms with E-state index >= 15 is 0 Å². The highest BCUT2D eigenvalue weighted by atomic mass is 16.6. The number of nitrogens with one attached hydrogen (secondary N) is 1. The van der Waals surface area contributed by atoms with E-state index in [0.717, 1.165) is 6.42 Å². The van der Waals surface area contributed by atoms with E-state index in [9.17, 15) is 20.0 Å². The van der Waals surface area contributed by atoms with Crippen molar-refractivity contribution < 1.29 is 14.8 Å². The lowest BCUT2D eigenvalue weighted by Crippen LogP contribution is -2.35. The van der Waals surface area contributed by atoms with Gasteiger partial charge in [-0.2, -0.15) is 0 Å². The van der Waals surface area contributed by atoms with E-state index in [1.165, 1.54) is 12.3 Å². The van der Waals surface area contributed by atoms with E-state index in [0.29, 0.717) is 13.0 Å². The van der Waals surface area contributed by atoms with Gasteiger partial charge in [-0.05, 0) is 26.7 Å². The minimum Gasteiger partial charge on any atom is -0.393 e. The number of aryl methyl sites for hydroxylation is 1. The summed E-state index contributed by atoms with van der Waals surface area (Å²) in [6.45, 7) is 5.91. The predicted octanol–water partition coefficient (Wildman–Crippen LogP) is 1.70. The number of amides is 1. The number of hydrogen-bond donors (Lipinski definition) is 2. The maximum absolute atomic E-state index is 12.1. The van der Waals surface area contributed by atoms with Gasteiger partial charge in [-0.3, -0.25) is 14.9 Å². The molecule has 0 spiro atoms. The summed E-state index contributed by atoms with van der Waals surface area (Å²) in [5.41, 5.74) is 0.183. The van der Waals surface area contributed by atoms with Crippen LogP contribution >= 0.6 is 0 Å². The Kier molecular flexibility index (Phi) is 5.69. The summed E-state index contributed by atoms with van der Waals surface area (Å²) in [4.78, 5) is 22.4. The van der Waals surface area contributed by atoms with Gasteiger partial charge < -0.3 is 15.0 Å². The van der Waals surface area contributed by atoms with Crippen LogP contribution in [0.2, 0.25) is 0 Å². The van der Waals surface area contributed by atoms with Crippen LogP contribution in [0, 0.1) is 10.1 Å². The second kappa shape index (κ2) is 7.04. The van der Waals surface area contributed by atoms with Crippen LogP contribution in [0.4, 0.5) is 5.69 Å². The van der Waals surface area contributed by atoms with Crippen molar-refractivity contribution in [2.75, 3.05) is 0 Å². The molecule has 2 unspecified atom stereocenters. The lowest BCUT2D eigenvalue weighted by atomic mass is 10.1. The Morgan fingerprint density at radius 1 is 1.55 bits per heavy atom. The quantitative estimate of drug-likeness (QED) is 0.587. The Balaban J connectivity index is 2.87. The number of hydrogen-bond acceptors (Lipinski definition) is 4. The van der Waals surface area contributed by atoms with Gasteiger partial charge in [0.2, 0.25) is 0 Å². The molecule has 2 atom stereocenters. The molecule has 0 fully saturated rings. The van der Waals surface area contributed by atoms with E-state index in [1.54, 1.807) is 18.4 Å². The normalized spacial score (nSPS) is 13.8. The van der Waals surface area contributed by atoms with Crippen molar-refractivity contribution in [3.05, 3.63) is 28.1 Å². The zero-order valence-corrected chi connectivity index (χ0v) is 12.0. The Morgan fingerprint density at radius 3 is 2.70 bits per heavy atom. The highest BCUT2D eigenvalue weighted by Gasteiger charge is 2.20. The number of aromatic nitrogens is 1. The molecule has 2 N–H and O–H groups in total. The van der Waals surface area contributed by atoms with Crippen molar-refractivity contribution in [2.24, 2.45) is 0 Å². The maximum Gasteiger partial charge on any atom is 0.287 e. The molecule has 0 aliphatic rings. The number of rotatable bonds is 7. The first-order valence-corrected chi connectivity index (χ1v) is 6.68. The monoisotopic (exact) mass is 283 g/mol. The van der Waals surface area contributed by atoms with E-state index in [2.05, 4.69) is 5.32 Å². The Labute approximate surface area is 117 Å². The third-order valence-corrected chi connectivity index (χ3v) is 2.86. The summed E-state index contributed by atoms with van der Waals surface area (Å²) >= 11 is 0. The average molecular weight is 283 g/mol. The Hall–Kier alpha value is -1.89. The van der Waals surface area contributed by atoms with Crippen molar-refractivity contribution in [3.63, 3.8) is 0 Å². The zero-order chi connectivity index (χ0) is 15.3. The fraction of sp³-hybridized carbons (Fsp3) is 0.615. The fourth-order valence-corrected chi connectivity index (χ4v) is 2.08. The molecule has 1 aromatic rings. The highest BCUT2D eigenvalue weighted by Crippen LogP contribution is 2.17. The van der Waals surface area contributed by atoms with Crippen LogP contribution in [0.1, 0.15) is 44.1 Å². The van der Waals surface area contributed by atoms with Crippen LogP contribution < -0.4 is 5.32 Å². The molecule has 0 saturated heterocycles. The van der Waals surface area contributed by atoms with E-state index < -0.39 is 11.0 Å². The lowest BCUT2D eigenvalue weighted by molar-refractivity contribution is -0.384. The molecule has 0 bridgehead atoms. The SMILES string of the molecule is CCCn1cc([N+](=O)[O-])cc1C(=O)NC(C)CC(C)O. The number of aliphatic hydroxyl groups is 1. The molecule has 0 aromatic carbocycles. The fourth-order valence-electron chi connectivity index (χ4n) is 2.08. The van der Waals surface area contributed by atoms with Crippen LogP contribution in [-0.2, 0) is 6.54 Å². The first-order valence-electron chi connectivity index (χ1n) is 6.68. The standard InChI is InChI=1S/C13H21N3O4/c1-4-5-15-8-11(16(19)20)7-12(15)13(18)14-9(2)6-10(3)17/h7-10,17H,4-6H2,1-3H3,(H,14,18). The topological polar surface area (TPSA) is 97.4 Å². The summed E-state index contributed by atoms with van der Waals surface area (Å²) in [6, 6.07) is 1.08.